The molecule has 2 aliphatic rings. The number of hydrogen-bond donors (Lipinski definition) is 4. The fourth-order valence-electron chi connectivity index (χ4n) is 5.01. The largest absolute Gasteiger partial charge is 0.456 e. The molecule has 7 nitrogen and oxygen atoms in total. The molecule has 0 saturated carbocycles. The van der Waals surface area contributed by atoms with Crippen LogP contribution in [0.5, 0.6) is 0 Å². The van der Waals surface area contributed by atoms with Gasteiger partial charge in [0.1, 0.15) is 23.0 Å². The Labute approximate surface area is 205 Å². The predicted octanol–water partition coefficient (Wildman–Crippen LogP) is 5.73. The van der Waals surface area contributed by atoms with Gasteiger partial charge in [-0.2, -0.15) is 0 Å². The lowest BCUT2D eigenvalue weighted by molar-refractivity contribution is 0.596. The molecule has 0 amide bonds. The van der Waals surface area contributed by atoms with E-state index in [0.29, 0.717) is 6.04 Å². The minimum Gasteiger partial charge on any atom is -0.456 e. The molecule has 4 aromatic rings. The van der Waals surface area contributed by atoms with Crippen molar-refractivity contribution in [2.75, 3.05) is 13.1 Å². The molecule has 1 atom stereocenters. The minimum atomic E-state index is 0.343. The molecule has 1 aliphatic carbocycles. The van der Waals surface area contributed by atoms with Crippen LogP contribution in [0.4, 0.5) is 0 Å². The number of aromatic nitrogens is 4. The van der Waals surface area contributed by atoms with Crippen LogP contribution in [-0.2, 0) is 6.54 Å². The van der Waals surface area contributed by atoms with Crippen LogP contribution in [0.3, 0.4) is 0 Å². The zero-order valence-corrected chi connectivity index (χ0v) is 20.2. The van der Waals surface area contributed by atoms with Crippen molar-refractivity contribution in [3.63, 3.8) is 0 Å². The lowest BCUT2D eigenvalue weighted by Gasteiger charge is -2.12. The Morgan fingerprint density at radius 1 is 1.03 bits per heavy atom. The maximum absolute atomic E-state index is 6.22. The Kier molecular flexibility index (Phi) is 6.10. The summed E-state index contributed by atoms with van der Waals surface area (Å²) in [6, 6.07) is 8.85. The van der Waals surface area contributed by atoms with E-state index in [1.165, 1.54) is 17.6 Å². The Hall–Kier alpha value is -3.42. The molecule has 4 heterocycles. The van der Waals surface area contributed by atoms with Gasteiger partial charge >= 0.3 is 0 Å². The summed E-state index contributed by atoms with van der Waals surface area (Å²) in [5, 5.41) is 8.01. The van der Waals surface area contributed by atoms with Gasteiger partial charge in [-0.1, -0.05) is 19.1 Å². The van der Waals surface area contributed by atoms with Crippen molar-refractivity contribution in [1.29, 1.82) is 0 Å². The molecule has 7 heteroatoms. The summed E-state index contributed by atoms with van der Waals surface area (Å²) in [5.74, 6) is 2.96. The number of nitrogens with one attached hydrogen (secondary N) is 4. The maximum Gasteiger partial charge on any atom is 0.134 e. The van der Waals surface area contributed by atoms with Crippen LogP contribution in [0.2, 0.25) is 0 Å². The van der Waals surface area contributed by atoms with Gasteiger partial charge < -0.3 is 25.0 Å². The van der Waals surface area contributed by atoms with Crippen LogP contribution in [0.25, 0.3) is 33.4 Å². The first kappa shape index (κ1) is 22.1. The van der Waals surface area contributed by atoms with Gasteiger partial charge in [-0.15, -0.1) is 0 Å². The third kappa shape index (κ3) is 4.61. The molecular formula is C28H32N6O. The molecule has 1 unspecified atom stereocenters. The Morgan fingerprint density at radius 3 is 2.74 bits per heavy atom. The summed E-state index contributed by atoms with van der Waals surface area (Å²) in [4.78, 5) is 16.1. The summed E-state index contributed by atoms with van der Waals surface area (Å²) < 4.78 is 6.22. The Bertz CT molecular complexity index is 1380. The molecule has 1 aliphatic heterocycles. The number of aromatic amines is 2. The number of allylic oxidation sites excluding steroid dienone is 4. The molecule has 1 aromatic carbocycles. The van der Waals surface area contributed by atoms with Crippen LogP contribution < -0.4 is 10.6 Å². The first-order valence-corrected chi connectivity index (χ1v) is 12.7. The van der Waals surface area contributed by atoms with Gasteiger partial charge in [0.25, 0.3) is 0 Å². The molecule has 0 spiro atoms. The monoisotopic (exact) mass is 468 g/mol. The van der Waals surface area contributed by atoms with E-state index < -0.39 is 0 Å². The molecular weight excluding hydrogens is 436 g/mol. The van der Waals surface area contributed by atoms with Gasteiger partial charge in [-0.3, -0.25) is 0 Å². The number of benzene rings is 1. The normalized spacial score (nSPS) is 18.3. The molecule has 0 bridgehead atoms. The lowest BCUT2D eigenvalue weighted by Crippen LogP contribution is -2.14. The Morgan fingerprint density at radius 2 is 1.91 bits per heavy atom. The second kappa shape index (κ2) is 9.68. The van der Waals surface area contributed by atoms with Crippen molar-refractivity contribution in [3.8, 4) is 11.3 Å². The highest BCUT2D eigenvalue weighted by atomic mass is 16.3. The highest BCUT2D eigenvalue weighted by molar-refractivity contribution is 5.87. The zero-order chi connectivity index (χ0) is 23.6. The van der Waals surface area contributed by atoms with E-state index >= 15 is 0 Å². The standard InChI is InChI=1S/C28H32N6O/c1-2-11-29-17-27-31-15-23(33-27)18-5-7-19(8-6-18)26-14-21-13-20(9-10-25(21)35-26)24-16-32-28(34-24)22-4-3-12-30-22/h5,7,9-10,13-16,22,29-30H,2-4,6,8,11-12,17H2,1H3,(H,31,33)(H,32,34). The summed E-state index contributed by atoms with van der Waals surface area (Å²) in [5.41, 5.74) is 6.71. The fraction of sp³-hybridized carbons (Fsp3) is 0.357. The van der Waals surface area contributed by atoms with Crippen LogP contribution in [0.15, 0.2) is 53.2 Å². The van der Waals surface area contributed by atoms with Crippen LogP contribution >= 0.6 is 0 Å². The van der Waals surface area contributed by atoms with E-state index in [9.17, 15) is 0 Å². The smallest absolute Gasteiger partial charge is 0.134 e. The highest BCUT2D eigenvalue weighted by Gasteiger charge is 2.20. The summed E-state index contributed by atoms with van der Waals surface area (Å²) in [6.07, 6.45) is 13.6. The van der Waals surface area contributed by atoms with Crippen LogP contribution in [0.1, 0.15) is 68.2 Å². The van der Waals surface area contributed by atoms with Crippen molar-refractivity contribution >= 4 is 22.1 Å². The van der Waals surface area contributed by atoms with Crippen LogP contribution in [0, 0.1) is 0 Å². The number of fused-ring (bicyclic) bond motifs is 1. The SMILES string of the molecule is CCCNCc1ncc(C2=CC=C(c3cc4cc(-c5cnc(C6CCCN6)[nH]5)ccc4o3)CC2)[nH]1. The molecule has 4 N–H and O–H groups in total. The third-order valence-corrected chi connectivity index (χ3v) is 6.97. The molecule has 1 fully saturated rings. The van der Waals surface area contributed by atoms with Gasteiger partial charge in [-0.25, -0.2) is 9.97 Å². The Balaban J connectivity index is 1.19. The number of hydrogen-bond acceptors (Lipinski definition) is 5. The van der Waals surface area contributed by atoms with Gasteiger partial charge in [0.15, 0.2) is 0 Å². The van der Waals surface area contributed by atoms with Crippen LogP contribution in [-0.4, -0.2) is 33.0 Å². The van der Waals surface area contributed by atoms with Crippen molar-refractivity contribution in [1.82, 2.24) is 30.6 Å². The molecule has 3 aromatic heterocycles. The average Bonchev–Trinajstić information content (AvgIpc) is 3.69. The van der Waals surface area contributed by atoms with Gasteiger partial charge in [0.05, 0.1) is 36.4 Å². The van der Waals surface area contributed by atoms with E-state index in [-0.39, 0.29) is 0 Å². The first-order valence-electron chi connectivity index (χ1n) is 12.7. The van der Waals surface area contributed by atoms with Crippen molar-refractivity contribution in [2.45, 2.75) is 51.6 Å². The molecule has 6 rings (SSSR count). The molecule has 35 heavy (non-hydrogen) atoms. The van der Waals surface area contributed by atoms with E-state index in [1.807, 2.05) is 12.4 Å². The summed E-state index contributed by atoms with van der Waals surface area (Å²) in [6.45, 7) is 5.02. The molecule has 1 saturated heterocycles. The van der Waals surface area contributed by atoms with E-state index in [1.54, 1.807) is 0 Å². The second-order valence-electron chi connectivity index (χ2n) is 9.50. The van der Waals surface area contributed by atoms with E-state index in [0.717, 1.165) is 90.6 Å². The summed E-state index contributed by atoms with van der Waals surface area (Å²) >= 11 is 0. The first-order chi connectivity index (χ1) is 17.3. The highest BCUT2D eigenvalue weighted by Crippen LogP contribution is 2.35. The predicted molar refractivity (Wildman–Crippen MR) is 140 cm³/mol. The fourth-order valence-corrected chi connectivity index (χ4v) is 5.01. The number of H-pyrrole nitrogens is 2. The number of furan rings is 1. The van der Waals surface area contributed by atoms with Gasteiger partial charge in [0.2, 0.25) is 0 Å². The maximum atomic E-state index is 6.22. The average molecular weight is 469 g/mol. The number of rotatable bonds is 8. The lowest BCUT2D eigenvalue weighted by atomic mass is 9.95. The van der Waals surface area contributed by atoms with Crippen molar-refractivity contribution in [3.05, 3.63) is 71.9 Å². The van der Waals surface area contributed by atoms with Gasteiger partial charge in [0, 0.05) is 10.9 Å². The number of nitrogens with zero attached hydrogens (tertiary/aromatic N) is 2. The second-order valence-corrected chi connectivity index (χ2v) is 9.50. The van der Waals surface area contributed by atoms with Crippen molar-refractivity contribution in [2.24, 2.45) is 0 Å². The molecule has 0 radical (unpaired) electrons. The van der Waals surface area contributed by atoms with E-state index in [2.05, 4.69) is 73.9 Å². The third-order valence-electron chi connectivity index (χ3n) is 6.97. The molecule has 180 valence electrons. The van der Waals surface area contributed by atoms with E-state index in [4.69, 9.17) is 4.42 Å². The van der Waals surface area contributed by atoms with Gasteiger partial charge in [-0.05, 0) is 80.6 Å². The van der Waals surface area contributed by atoms with Crippen molar-refractivity contribution < 1.29 is 4.42 Å². The quantitative estimate of drug-likeness (QED) is 0.248. The number of imidazole rings is 2. The zero-order valence-electron chi connectivity index (χ0n) is 20.2. The topological polar surface area (TPSA) is 94.6 Å². The summed E-state index contributed by atoms with van der Waals surface area (Å²) in [7, 11) is 0. The minimum absolute atomic E-state index is 0.343.